The van der Waals surface area contributed by atoms with Crippen LogP contribution in [0.25, 0.3) is 10.9 Å². The Labute approximate surface area is 101 Å². The Morgan fingerprint density at radius 3 is 2.82 bits per heavy atom. The molecule has 1 heterocycles. The van der Waals surface area contributed by atoms with E-state index in [1.54, 1.807) is 0 Å². The lowest BCUT2D eigenvalue weighted by Gasteiger charge is -2.24. The third kappa shape index (κ3) is 1.65. The summed E-state index contributed by atoms with van der Waals surface area (Å²) in [5, 5.41) is 8.71. The van der Waals surface area contributed by atoms with Crippen molar-refractivity contribution in [1.82, 2.24) is 10.2 Å². The van der Waals surface area contributed by atoms with Crippen molar-refractivity contribution in [3.05, 3.63) is 29.5 Å². The number of nitrogens with zero attached hydrogens (tertiary/aromatic N) is 1. The first-order chi connectivity index (χ1) is 8.23. The number of nitrogens with one attached hydrogen (secondary N) is 1. The highest BCUT2D eigenvalue weighted by Gasteiger charge is 2.31. The molecule has 0 spiro atoms. The van der Waals surface area contributed by atoms with Gasteiger partial charge in [-0.2, -0.15) is 5.10 Å². The zero-order chi connectivity index (χ0) is 11.9. The molecule has 3 N–H and O–H groups in total. The van der Waals surface area contributed by atoms with Gasteiger partial charge in [-0.05, 0) is 30.9 Å². The molecule has 17 heavy (non-hydrogen) atoms. The molecule has 1 aliphatic carbocycles. The zero-order valence-electron chi connectivity index (χ0n) is 10.3. The van der Waals surface area contributed by atoms with Crippen molar-refractivity contribution in [2.75, 3.05) is 0 Å². The Kier molecular flexibility index (Phi) is 2.44. The van der Waals surface area contributed by atoms with Gasteiger partial charge in [-0.3, -0.25) is 5.10 Å². The minimum atomic E-state index is -0.112. The highest BCUT2D eigenvalue weighted by molar-refractivity contribution is 5.82. The number of fused-ring (bicyclic) bond motifs is 1. The molecular formula is C14H19N3. The van der Waals surface area contributed by atoms with Crippen LogP contribution in [0.3, 0.4) is 0 Å². The van der Waals surface area contributed by atoms with Crippen LogP contribution in [-0.2, 0) is 12.0 Å². The minimum absolute atomic E-state index is 0.112. The second-order valence-corrected chi connectivity index (χ2v) is 5.15. The molecule has 1 aliphatic rings. The van der Waals surface area contributed by atoms with Crippen LogP contribution in [0.5, 0.6) is 0 Å². The van der Waals surface area contributed by atoms with Gasteiger partial charge in [0.15, 0.2) is 0 Å². The molecule has 0 aliphatic heterocycles. The van der Waals surface area contributed by atoms with Crippen molar-refractivity contribution in [3.63, 3.8) is 0 Å². The van der Waals surface area contributed by atoms with Crippen LogP contribution in [0.15, 0.2) is 18.2 Å². The summed E-state index contributed by atoms with van der Waals surface area (Å²) in [7, 11) is 0. The summed E-state index contributed by atoms with van der Waals surface area (Å²) in [6, 6.07) is 6.51. The first-order valence-electron chi connectivity index (χ1n) is 6.49. The number of H-pyrrole nitrogens is 1. The lowest BCUT2D eigenvalue weighted by Crippen LogP contribution is -2.32. The fourth-order valence-corrected chi connectivity index (χ4v) is 2.94. The maximum Gasteiger partial charge on any atom is 0.0927 e. The lowest BCUT2D eigenvalue weighted by atomic mass is 9.89. The smallest absolute Gasteiger partial charge is 0.0927 e. The van der Waals surface area contributed by atoms with Crippen LogP contribution >= 0.6 is 0 Å². The molecule has 3 rings (SSSR count). The maximum atomic E-state index is 6.47. The van der Waals surface area contributed by atoms with E-state index in [0.717, 1.165) is 24.8 Å². The second-order valence-electron chi connectivity index (χ2n) is 5.15. The Balaban J connectivity index is 2.08. The molecule has 0 amide bonds. The van der Waals surface area contributed by atoms with E-state index in [-0.39, 0.29) is 5.54 Å². The monoisotopic (exact) mass is 229 g/mol. The molecule has 1 saturated carbocycles. The van der Waals surface area contributed by atoms with Gasteiger partial charge in [-0.25, -0.2) is 0 Å². The van der Waals surface area contributed by atoms with Gasteiger partial charge in [0, 0.05) is 16.6 Å². The van der Waals surface area contributed by atoms with E-state index >= 15 is 0 Å². The molecule has 1 fully saturated rings. The van der Waals surface area contributed by atoms with Gasteiger partial charge in [0.05, 0.1) is 5.52 Å². The van der Waals surface area contributed by atoms with Crippen LogP contribution in [0.4, 0.5) is 0 Å². The Hall–Kier alpha value is -1.35. The van der Waals surface area contributed by atoms with Gasteiger partial charge in [0.25, 0.3) is 0 Å². The number of aromatic nitrogens is 2. The predicted molar refractivity (Wildman–Crippen MR) is 69.8 cm³/mol. The topological polar surface area (TPSA) is 54.7 Å². The molecule has 0 saturated heterocycles. The van der Waals surface area contributed by atoms with E-state index in [4.69, 9.17) is 5.73 Å². The summed E-state index contributed by atoms with van der Waals surface area (Å²) in [5.41, 5.74) is 9.87. The average molecular weight is 229 g/mol. The first-order valence-corrected chi connectivity index (χ1v) is 6.49. The van der Waals surface area contributed by atoms with E-state index in [9.17, 15) is 0 Å². The fourth-order valence-electron chi connectivity index (χ4n) is 2.94. The van der Waals surface area contributed by atoms with E-state index in [2.05, 4.69) is 35.3 Å². The van der Waals surface area contributed by atoms with E-state index in [1.807, 2.05) is 0 Å². The zero-order valence-corrected chi connectivity index (χ0v) is 10.3. The van der Waals surface area contributed by atoms with Gasteiger partial charge in [-0.15, -0.1) is 0 Å². The van der Waals surface area contributed by atoms with Gasteiger partial charge in [0.2, 0.25) is 0 Å². The molecule has 3 nitrogen and oxygen atoms in total. The number of nitrogens with two attached hydrogens (primary N) is 1. The minimum Gasteiger partial charge on any atom is -0.321 e. The normalized spacial score (nSPS) is 18.9. The summed E-state index contributed by atoms with van der Waals surface area (Å²) < 4.78 is 0. The molecule has 0 unspecified atom stereocenters. The standard InChI is InChI=1S/C14H19N3/c1-2-12-11-6-5-10(9-13(11)17-16-12)14(15)7-3-4-8-14/h5-6,9H,2-4,7-8,15H2,1H3,(H,16,17). The number of benzene rings is 1. The number of hydrogen-bond donors (Lipinski definition) is 2. The third-order valence-electron chi connectivity index (χ3n) is 4.06. The Morgan fingerprint density at radius 1 is 1.35 bits per heavy atom. The summed E-state index contributed by atoms with van der Waals surface area (Å²) in [4.78, 5) is 0. The molecule has 2 aromatic rings. The van der Waals surface area contributed by atoms with Gasteiger partial charge < -0.3 is 5.73 Å². The van der Waals surface area contributed by atoms with Crippen LogP contribution < -0.4 is 5.73 Å². The van der Waals surface area contributed by atoms with Crippen molar-refractivity contribution in [2.45, 2.75) is 44.6 Å². The van der Waals surface area contributed by atoms with Crippen LogP contribution in [0, 0.1) is 0 Å². The van der Waals surface area contributed by atoms with Crippen molar-refractivity contribution in [2.24, 2.45) is 5.73 Å². The number of hydrogen-bond acceptors (Lipinski definition) is 2. The average Bonchev–Trinajstić information content (AvgIpc) is 2.95. The number of aryl methyl sites for hydroxylation is 1. The molecule has 1 aromatic heterocycles. The lowest BCUT2D eigenvalue weighted by molar-refractivity contribution is 0.462. The molecule has 0 atom stereocenters. The van der Waals surface area contributed by atoms with Crippen LogP contribution in [0.2, 0.25) is 0 Å². The molecule has 0 bridgehead atoms. The number of rotatable bonds is 2. The van der Waals surface area contributed by atoms with Crippen molar-refractivity contribution in [3.8, 4) is 0 Å². The van der Waals surface area contributed by atoms with E-state index in [1.165, 1.54) is 29.5 Å². The highest BCUT2D eigenvalue weighted by Crippen LogP contribution is 2.37. The van der Waals surface area contributed by atoms with Gasteiger partial charge >= 0.3 is 0 Å². The van der Waals surface area contributed by atoms with Crippen LogP contribution in [-0.4, -0.2) is 10.2 Å². The fraction of sp³-hybridized carbons (Fsp3) is 0.500. The van der Waals surface area contributed by atoms with Crippen molar-refractivity contribution in [1.29, 1.82) is 0 Å². The largest absolute Gasteiger partial charge is 0.321 e. The van der Waals surface area contributed by atoms with E-state index in [0.29, 0.717) is 0 Å². The summed E-state index contributed by atoms with van der Waals surface area (Å²) in [6.07, 6.45) is 5.68. The molecule has 90 valence electrons. The SMILES string of the molecule is CCc1[nH]nc2cc(C3(N)CCCC3)ccc12. The van der Waals surface area contributed by atoms with Crippen LogP contribution in [0.1, 0.15) is 43.9 Å². The van der Waals surface area contributed by atoms with E-state index < -0.39 is 0 Å². The second kappa shape index (κ2) is 3.84. The van der Waals surface area contributed by atoms with Crippen molar-refractivity contribution < 1.29 is 0 Å². The molecule has 3 heteroatoms. The number of aromatic amines is 1. The summed E-state index contributed by atoms with van der Waals surface area (Å²) in [6.45, 7) is 2.14. The third-order valence-corrected chi connectivity index (χ3v) is 4.06. The van der Waals surface area contributed by atoms with Crippen molar-refractivity contribution >= 4 is 10.9 Å². The maximum absolute atomic E-state index is 6.47. The predicted octanol–water partition coefficient (Wildman–Crippen LogP) is 2.85. The quantitative estimate of drug-likeness (QED) is 0.832. The summed E-state index contributed by atoms with van der Waals surface area (Å²) in [5.74, 6) is 0. The summed E-state index contributed by atoms with van der Waals surface area (Å²) >= 11 is 0. The molecule has 1 aromatic carbocycles. The first kappa shape index (κ1) is 10.8. The molecular weight excluding hydrogens is 210 g/mol. The van der Waals surface area contributed by atoms with Gasteiger partial charge in [0.1, 0.15) is 0 Å². The molecule has 0 radical (unpaired) electrons. The Morgan fingerprint density at radius 2 is 2.12 bits per heavy atom. The Bertz CT molecular complexity index is 535. The highest BCUT2D eigenvalue weighted by atomic mass is 15.1. The van der Waals surface area contributed by atoms with Gasteiger partial charge in [-0.1, -0.05) is 31.9 Å².